The first kappa shape index (κ1) is 16.0. The Hall–Kier alpha value is -1.10. The van der Waals surface area contributed by atoms with Crippen LogP contribution in [-0.2, 0) is 14.3 Å². The zero-order valence-corrected chi connectivity index (χ0v) is 12.3. The minimum Gasteiger partial charge on any atom is -0.480 e. The Morgan fingerprint density at radius 2 is 2.05 bits per heavy atom. The highest BCUT2D eigenvalue weighted by Crippen LogP contribution is 2.23. The second-order valence-electron chi connectivity index (χ2n) is 5.84. The molecule has 5 heteroatoms. The van der Waals surface area contributed by atoms with Crippen LogP contribution in [0, 0.1) is 11.8 Å². The van der Waals surface area contributed by atoms with Gasteiger partial charge >= 0.3 is 5.97 Å². The van der Waals surface area contributed by atoms with E-state index in [1.54, 1.807) is 7.05 Å². The number of carboxylic acids is 1. The van der Waals surface area contributed by atoms with E-state index in [9.17, 15) is 14.7 Å². The van der Waals surface area contributed by atoms with Crippen molar-refractivity contribution in [1.82, 2.24) is 4.90 Å². The maximum absolute atomic E-state index is 12.4. The van der Waals surface area contributed by atoms with Gasteiger partial charge in [-0.25, -0.2) is 4.79 Å². The van der Waals surface area contributed by atoms with Crippen molar-refractivity contribution in [3.05, 3.63) is 0 Å². The maximum atomic E-state index is 12.4. The van der Waals surface area contributed by atoms with Crippen LogP contribution in [0.4, 0.5) is 0 Å². The van der Waals surface area contributed by atoms with Gasteiger partial charge in [-0.2, -0.15) is 0 Å². The number of carboxylic acid groups (broad SMARTS) is 1. The Balaban J connectivity index is 2.69. The fourth-order valence-electron chi connectivity index (χ4n) is 2.54. The molecule has 1 rings (SSSR count). The summed E-state index contributed by atoms with van der Waals surface area (Å²) in [5.74, 6) is -0.861. The molecule has 0 radical (unpaired) electrons. The highest BCUT2D eigenvalue weighted by Gasteiger charge is 2.33. The van der Waals surface area contributed by atoms with E-state index in [4.69, 9.17) is 4.74 Å². The molecule has 1 amide bonds. The topological polar surface area (TPSA) is 66.8 Å². The number of carbonyl (C=O) groups is 2. The summed E-state index contributed by atoms with van der Waals surface area (Å²) in [4.78, 5) is 25.1. The summed E-state index contributed by atoms with van der Waals surface area (Å²) in [5.41, 5.74) is 0. The first-order valence-electron chi connectivity index (χ1n) is 6.94. The summed E-state index contributed by atoms with van der Waals surface area (Å²) < 4.78 is 5.42. The zero-order chi connectivity index (χ0) is 14.6. The SMILES string of the molecule is CC(C)CC(C(=O)O)N(C)C(=O)C1CCOC(C)C1. The smallest absolute Gasteiger partial charge is 0.326 e. The van der Waals surface area contributed by atoms with E-state index in [2.05, 4.69) is 0 Å². The molecule has 0 bridgehead atoms. The van der Waals surface area contributed by atoms with Crippen LogP contribution in [0.2, 0.25) is 0 Å². The van der Waals surface area contributed by atoms with Gasteiger partial charge in [0.2, 0.25) is 5.91 Å². The van der Waals surface area contributed by atoms with Crippen molar-refractivity contribution in [2.24, 2.45) is 11.8 Å². The van der Waals surface area contributed by atoms with E-state index in [0.29, 0.717) is 25.9 Å². The van der Waals surface area contributed by atoms with Crippen molar-refractivity contribution in [2.75, 3.05) is 13.7 Å². The van der Waals surface area contributed by atoms with Gasteiger partial charge in [-0.3, -0.25) is 4.79 Å². The fourth-order valence-corrected chi connectivity index (χ4v) is 2.54. The molecule has 1 fully saturated rings. The number of aliphatic carboxylic acids is 1. The summed E-state index contributed by atoms with van der Waals surface area (Å²) >= 11 is 0. The Morgan fingerprint density at radius 3 is 2.53 bits per heavy atom. The fraction of sp³-hybridized carbons (Fsp3) is 0.857. The normalized spacial score (nSPS) is 25.1. The second-order valence-corrected chi connectivity index (χ2v) is 5.84. The number of amides is 1. The summed E-state index contributed by atoms with van der Waals surface area (Å²) in [5, 5.41) is 9.27. The molecule has 1 saturated heterocycles. The molecule has 1 heterocycles. The molecular formula is C14H25NO4. The monoisotopic (exact) mass is 271 g/mol. The number of carbonyl (C=O) groups excluding carboxylic acids is 1. The molecular weight excluding hydrogens is 246 g/mol. The van der Waals surface area contributed by atoms with Gasteiger partial charge in [0, 0.05) is 19.6 Å². The maximum Gasteiger partial charge on any atom is 0.326 e. The predicted octanol–water partition coefficient (Wildman–Crippen LogP) is 1.76. The molecule has 19 heavy (non-hydrogen) atoms. The highest BCUT2D eigenvalue weighted by atomic mass is 16.5. The summed E-state index contributed by atoms with van der Waals surface area (Å²) in [6.45, 7) is 6.45. The molecule has 1 N–H and O–H groups in total. The van der Waals surface area contributed by atoms with E-state index in [1.165, 1.54) is 4.90 Å². The number of nitrogens with zero attached hydrogens (tertiary/aromatic N) is 1. The van der Waals surface area contributed by atoms with E-state index in [1.807, 2.05) is 20.8 Å². The van der Waals surface area contributed by atoms with Gasteiger partial charge in [0.1, 0.15) is 6.04 Å². The Bertz CT molecular complexity index is 329. The van der Waals surface area contributed by atoms with Crippen LogP contribution in [0.3, 0.4) is 0 Å². The van der Waals surface area contributed by atoms with E-state index in [-0.39, 0.29) is 23.8 Å². The highest BCUT2D eigenvalue weighted by molar-refractivity contribution is 5.85. The number of hydrogen-bond donors (Lipinski definition) is 1. The first-order chi connectivity index (χ1) is 8.82. The third kappa shape index (κ3) is 4.49. The molecule has 0 aromatic heterocycles. The third-order valence-corrected chi connectivity index (χ3v) is 3.63. The number of likely N-dealkylation sites (N-methyl/N-ethyl adjacent to an activating group) is 1. The lowest BCUT2D eigenvalue weighted by atomic mass is 9.93. The van der Waals surface area contributed by atoms with Crippen molar-refractivity contribution in [3.63, 3.8) is 0 Å². The molecule has 110 valence electrons. The van der Waals surface area contributed by atoms with Crippen molar-refractivity contribution >= 4 is 11.9 Å². The standard InChI is InChI=1S/C14H25NO4/c1-9(2)7-12(14(17)18)15(4)13(16)11-5-6-19-10(3)8-11/h9-12H,5-8H2,1-4H3,(H,17,18). The molecule has 3 unspecified atom stereocenters. The molecule has 1 aliphatic rings. The Labute approximate surface area is 114 Å². The lowest BCUT2D eigenvalue weighted by Gasteiger charge is -2.33. The van der Waals surface area contributed by atoms with E-state index in [0.717, 1.165) is 0 Å². The van der Waals surface area contributed by atoms with Gasteiger partial charge in [0.15, 0.2) is 0 Å². The van der Waals surface area contributed by atoms with Gasteiger partial charge in [-0.05, 0) is 32.1 Å². The minimum atomic E-state index is -0.926. The molecule has 5 nitrogen and oxygen atoms in total. The first-order valence-corrected chi connectivity index (χ1v) is 6.94. The quantitative estimate of drug-likeness (QED) is 0.827. The van der Waals surface area contributed by atoms with Gasteiger partial charge in [0.05, 0.1) is 6.10 Å². The van der Waals surface area contributed by atoms with Crippen LogP contribution < -0.4 is 0 Å². The summed E-state index contributed by atoms with van der Waals surface area (Å²) in [6, 6.07) is -0.731. The summed E-state index contributed by atoms with van der Waals surface area (Å²) in [6.07, 6.45) is 1.92. The molecule has 3 atom stereocenters. The largest absolute Gasteiger partial charge is 0.480 e. The third-order valence-electron chi connectivity index (χ3n) is 3.63. The van der Waals surface area contributed by atoms with Gasteiger partial charge in [-0.1, -0.05) is 13.8 Å². The van der Waals surface area contributed by atoms with E-state index >= 15 is 0 Å². The van der Waals surface area contributed by atoms with Gasteiger partial charge < -0.3 is 14.7 Å². The van der Waals surface area contributed by atoms with Crippen molar-refractivity contribution in [1.29, 1.82) is 0 Å². The van der Waals surface area contributed by atoms with Crippen molar-refractivity contribution in [3.8, 4) is 0 Å². The van der Waals surface area contributed by atoms with Gasteiger partial charge in [-0.15, -0.1) is 0 Å². The van der Waals surface area contributed by atoms with E-state index < -0.39 is 12.0 Å². The number of ether oxygens (including phenoxy) is 1. The van der Waals surface area contributed by atoms with Crippen LogP contribution in [0.1, 0.15) is 40.0 Å². The summed E-state index contributed by atoms with van der Waals surface area (Å²) in [7, 11) is 1.60. The van der Waals surface area contributed by atoms with Crippen LogP contribution in [0.15, 0.2) is 0 Å². The van der Waals surface area contributed by atoms with Gasteiger partial charge in [0.25, 0.3) is 0 Å². The average molecular weight is 271 g/mol. The van der Waals surface area contributed by atoms with Crippen LogP contribution in [-0.4, -0.2) is 47.7 Å². The van der Waals surface area contributed by atoms with Crippen LogP contribution >= 0.6 is 0 Å². The molecule has 0 aromatic carbocycles. The average Bonchev–Trinajstić information content (AvgIpc) is 2.33. The predicted molar refractivity (Wildman–Crippen MR) is 71.8 cm³/mol. The van der Waals surface area contributed by atoms with Crippen LogP contribution in [0.5, 0.6) is 0 Å². The molecule has 0 aliphatic carbocycles. The Kier molecular flexibility index (Phi) is 5.79. The number of rotatable bonds is 5. The number of hydrogen-bond acceptors (Lipinski definition) is 3. The molecule has 0 aromatic rings. The molecule has 0 spiro atoms. The molecule has 1 aliphatic heterocycles. The minimum absolute atomic E-state index is 0.0665. The Morgan fingerprint density at radius 1 is 1.42 bits per heavy atom. The second kappa shape index (κ2) is 6.89. The molecule has 0 saturated carbocycles. The van der Waals surface area contributed by atoms with Crippen molar-refractivity contribution < 1.29 is 19.4 Å². The lowest BCUT2D eigenvalue weighted by Crippen LogP contribution is -2.47. The lowest BCUT2D eigenvalue weighted by molar-refractivity contribution is -0.153. The van der Waals surface area contributed by atoms with Crippen molar-refractivity contribution in [2.45, 2.75) is 52.2 Å². The zero-order valence-electron chi connectivity index (χ0n) is 12.3. The van der Waals surface area contributed by atoms with Crippen LogP contribution in [0.25, 0.3) is 0 Å².